The summed E-state index contributed by atoms with van der Waals surface area (Å²) in [5.41, 5.74) is 3.71. The maximum atomic E-state index is 10.4. The van der Waals surface area contributed by atoms with Crippen molar-refractivity contribution in [3.05, 3.63) is 54.1 Å². The molecule has 0 bridgehead atoms. The second-order valence-electron chi connectivity index (χ2n) is 7.04. The molecule has 0 aliphatic carbocycles. The first-order valence-electron chi connectivity index (χ1n) is 9.19. The molecule has 0 spiro atoms. The molecule has 0 saturated carbocycles. The molecule has 2 aliphatic rings. The van der Waals surface area contributed by atoms with Crippen molar-refractivity contribution >= 4 is 36.2 Å². The first-order valence-corrected chi connectivity index (χ1v) is 9.19. The van der Waals surface area contributed by atoms with Gasteiger partial charge in [0.15, 0.2) is 0 Å². The van der Waals surface area contributed by atoms with Crippen LogP contribution in [0.2, 0.25) is 0 Å². The van der Waals surface area contributed by atoms with E-state index in [1.807, 2.05) is 6.07 Å². The Kier molecular flexibility index (Phi) is 7.48. The van der Waals surface area contributed by atoms with Crippen LogP contribution in [-0.4, -0.2) is 31.3 Å². The average Bonchev–Trinajstić information content (AvgIpc) is 3.18. The molecule has 2 fully saturated rings. The first-order chi connectivity index (χ1) is 11.8. The summed E-state index contributed by atoms with van der Waals surface area (Å²) in [6.07, 6.45) is 4.85. The number of hydrogen-bond acceptors (Lipinski definition) is 3. The number of piperidine rings is 1. The van der Waals surface area contributed by atoms with Crippen LogP contribution in [0.25, 0.3) is 0 Å². The van der Waals surface area contributed by atoms with Crippen LogP contribution in [0.4, 0.5) is 11.4 Å². The number of anilines is 2. The van der Waals surface area contributed by atoms with E-state index in [0.717, 1.165) is 44.7 Å². The summed E-state index contributed by atoms with van der Waals surface area (Å²) in [6.45, 7) is 4.30. The Balaban J connectivity index is 0.00000121. The van der Waals surface area contributed by atoms with E-state index in [1.54, 1.807) is 0 Å². The number of nitrogens with zero attached hydrogens (tertiary/aromatic N) is 2. The van der Waals surface area contributed by atoms with Gasteiger partial charge in [0.25, 0.3) is 0 Å². The van der Waals surface area contributed by atoms with Gasteiger partial charge in [0.1, 0.15) is 5.75 Å². The van der Waals surface area contributed by atoms with Crippen molar-refractivity contribution in [1.82, 2.24) is 0 Å². The predicted molar refractivity (Wildman–Crippen MR) is 115 cm³/mol. The Bertz CT molecular complexity index is 682. The molecule has 1 N–H and O–H groups in total. The van der Waals surface area contributed by atoms with Crippen LogP contribution in [0.5, 0.6) is 5.75 Å². The Morgan fingerprint density at radius 2 is 1.42 bits per heavy atom. The normalized spacial score (nSPS) is 17.5. The monoisotopic (exact) mass is 394 g/mol. The summed E-state index contributed by atoms with van der Waals surface area (Å²) < 4.78 is 0. The van der Waals surface area contributed by atoms with Gasteiger partial charge in [0.2, 0.25) is 0 Å². The average molecular weight is 395 g/mol. The molecule has 0 amide bonds. The maximum Gasteiger partial charge on any atom is 0.139 e. The highest BCUT2D eigenvalue weighted by atomic mass is 35.5. The minimum absolute atomic E-state index is 0. The van der Waals surface area contributed by atoms with Crippen LogP contribution < -0.4 is 9.80 Å². The van der Waals surface area contributed by atoms with Crippen molar-refractivity contribution < 1.29 is 5.11 Å². The number of phenols is 1. The third kappa shape index (κ3) is 4.39. The summed E-state index contributed by atoms with van der Waals surface area (Å²) in [4.78, 5) is 4.79. The fraction of sp³-hybridized carbons (Fsp3) is 0.429. The summed E-state index contributed by atoms with van der Waals surface area (Å²) in [5, 5.41) is 10.4. The molecule has 2 aromatic rings. The highest BCUT2D eigenvalue weighted by molar-refractivity contribution is 5.85. The Morgan fingerprint density at radius 1 is 0.769 bits per heavy atom. The minimum Gasteiger partial charge on any atom is -0.506 e. The van der Waals surface area contributed by atoms with Crippen LogP contribution in [0.1, 0.15) is 37.2 Å². The number of halogens is 2. The van der Waals surface area contributed by atoms with Crippen molar-refractivity contribution in [2.45, 2.75) is 31.6 Å². The predicted octanol–water partition coefficient (Wildman–Crippen LogP) is 5.22. The van der Waals surface area contributed by atoms with Crippen molar-refractivity contribution in [3.63, 3.8) is 0 Å². The van der Waals surface area contributed by atoms with Crippen LogP contribution in [-0.2, 0) is 0 Å². The smallest absolute Gasteiger partial charge is 0.139 e. The lowest BCUT2D eigenvalue weighted by atomic mass is 9.89. The number of rotatable bonds is 3. The van der Waals surface area contributed by atoms with Gasteiger partial charge >= 0.3 is 0 Å². The molecule has 3 nitrogen and oxygen atoms in total. The molecule has 0 aromatic heterocycles. The third-order valence-electron chi connectivity index (χ3n) is 5.54. The van der Waals surface area contributed by atoms with Crippen LogP contribution in [0, 0.1) is 0 Å². The Labute approximate surface area is 168 Å². The van der Waals surface area contributed by atoms with Gasteiger partial charge in [-0.1, -0.05) is 30.3 Å². The van der Waals surface area contributed by atoms with Crippen LogP contribution in [0.15, 0.2) is 48.5 Å². The second-order valence-corrected chi connectivity index (χ2v) is 7.04. The van der Waals surface area contributed by atoms with Crippen LogP contribution >= 0.6 is 24.8 Å². The van der Waals surface area contributed by atoms with Gasteiger partial charge in [-0.05, 0) is 55.4 Å². The van der Waals surface area contributed by atoms with E-state index in [4.69, 9.17) is 0 Å². The number of benzene rings is 2. The van der Waals surface area contributed by atoms with Gasteiger partial charge in [-0.15, -0.1) is 24.8 Å². The highest BCUT2D eigenvalue weighted by Gasteiger charge is 2.23. The molecule has 2 heterocycles. The molecule has 26 heavy (non-hydrogen) atoms. The van der Waals surface area contributed by atoms with E-state index < -0.39 is 0 Å². The van der Waals surface area contributed by atoms with Crippen molar-refractivity contribution in [1.29, 1.82) is 0 Å². The van der Waals surface area contributed by atoms with Crippen LogP contribution in [0.3, 0.4) is 0 Å². The molecule has 2 aromatic carbocycles. The summed E-state index contributed by atoms with van der Waals surface area (Å²) >= 11 is 0. The van der Waals surface area contributed by atoms with Gasteiger partial charge < -0.3 is 14.9 Å². The quantitative estimate of drug-likeness (QED) is 0.772. The number of aromatic hydroxyl groups is 1. The molecular formula is C21H28Cl2N2O. The third-order valence-corrected chi connectivity index (χ3v) is 5.54. The van der Waals surface area contributed by atoms with E-state index >= 15 is 0 Å². The van der Waals surface area contributed by atoms with E-state index in [-0.39, 0.29) is 24.8 Å². The van der Waals surface area contributed by atoms with Gasteiger partial charge in [-0.3, -0.25) is 0 Å². The van der Waals surface area contributed by atoms with Gasteiger partial charge in [-0.25, -0.2) is 0 Å². The lowest BCUT2D eigenvalue weighted by Crippen LogP contribution is -2.33. The van der Waals surface area contributed by atoms with Crippen molar-refractivity contribution in [2.75, 3.05) is 36.0 Å². The molecule has 142 valence electrons. The fourth-order valence-electron chi connectivity index (χ4n) is 4.12. The standard InChI is InChI=1S/C21H26N2O.2ClH/c24-21-9-8-19(22-12-4-5-13-22)16-20(21)23-14-10-18(11-15-23)17-6-2-1-3-7-17;;/h1-3,6-9,16,18,24H,4-5,10-15H2;2*1H. The highest BCUT2D eigenvalue weighted by Crippen LogP contribution is 2.37. The zero-order chi connectivity index (χ0) is 16.4. The molecule has 0 radical (unpaired) electrons. The van der Waals surface area contributed by atoms with Crippen molar-refractivity contribution in [3.8, 4) is 5.75 Å². The fourth-order valence-corrected chi connectivity index (χ4v) is 4.12. The molecule has 2 aliphatic heterocycles. The Morgan fingerprint density at radius 3 is 2.08 bits per heavy atom. The zero-order valence-electron chi connectivity index (χ0n) is 15.0. The molecule has 2 saturated heterocycles. The second kappa shape index (κ2) is 9.38. The topological polar surface area (TPSA) is 26.7 Å². The van der Waals surface area contributed by atoms with E-state index in [1.165, 1.54) is 24.1 Å². The van der Waals surface area contributed by atoms with Crippen molar-refractivity contribution in [2.24, 2.45) is 0 Å². The Hall–Kier alpha value is -1.58. The summed E-state index contributed by atoms with van der Waals surface area (Å²) in [6, 6.07) is 16.9. The number of phenolic OH excluding ortho intramolecular Hbond substituents is 1. The van der Waals surface area contributed by atoms with E-state index in [0.29, 0.717) is 11.7 Å². The van der Waals surface area contributed by atoms with Gasteiger partial charge in [-0.2, -0.15) is 0 Å². The zero-order valence-corrected chi connectivity index (χ0v) is 16.6. The summed E-state index contributed by atoms with van der Waals surface area (Å²) in [7, 11) is 0. The van der Waals surface area contributed by atoms with Gasteiger partial charge in [0.05, 0.1) is 5.69 Å². The molecule has 0 atom stereocenters. The number of hydrogen-bond donors (Lipinski definition) is 1. The van der Waals surface area contributed by atoms with E-state index in [2.05, 4.69) is 52.3 Å². The SMILES string of the molecule is Cl.Cl.Oc1ccc(N2CCCC2)cc1N1CCC(c2ccccc2)CC1. The lowest BCUT2D eigenvalue weighted by Gasteiger charge is -2.34. The maximum absolute atomic E-state index is 10.4. The molecule has 5 heteroatoms. The molecular weight excluding hydrogens is 367 g/mol. The van der Waals surface area contributed by atoms with Gasteiger partial charge in [0, 0.05) is 31.9 Å². The largest absolute Gasteiger partial charge is 0.506 e. The molecule has 0 unspecified atom stereocenters. The van der Waals surface area contributed by atoms with E-state index in [9.17, 15) is 5.11 Å². The first kappa shape index (κ1) is 20.7. The summed E-state index contributed by atoms with van der Waals surface area (Å²) in [5.74, 6) is 1.06. The molecule has 4 rings (SSSR count). The minimum atomic E-state index is 0. The lowest BCUT2D eigenvalue weighted by molar-refractivity contribution is 0.462.